The fourth-order valence-electron chi connectivity index (χ4n) is 2.87. The highest BCUT2D eigenvalue weighted by atomic mass is 32.2. The third kappa shape index (κ3) is 6.42. The van der Waals surface area contributed by atoms with Gasteiger partial charge in [0.25, 0.3) is 0 Å². The molecule has 1 aromatic heterocycles. The Morgan fingerprint density at radius 2 is 1.86 bits per heavy atom. The molecule has 0 atom stereocenters. The molecule has 2 aromatic rings. The van der Waals surface area contributed by atoms with E-state index in [1.165, 1.54) is 16.4 Å². The Morgan fingerprint density at radius 1 is 1.17 bits per heavy atom. The number of hydrogen-bond acceptors (Lipinski definition) is 6. The number of nitrogens with one attached hydrogen (secondary N) is 1. The summed E-state index contributed by atoms with van der Waals surface area (Å²) >= 11 is 0. The van der Waals surface area contributed by atoms with Crippen LogP contribution in [-0.4, -0.2) is 49.7 Å². The Balaban J connectivity index is 2.01. The molecule has 0 aliphatic rings. The molecule has 1 amide bonds. The summed E-state index contributed by atoms with van der Waals surface area (Å²) in [5, 5.41) is 11.6. The molecule has 0 spiro atoms. The number of furan rings is 1. The fraction of sp³-hybridized carbons (Fsp3) is 0.400. The number of sulfonamides is 1. The summed E-state index contributed by atoms with van der Waals surface area (Å²) in [4.78, 5) is 14.4. The van der Waals surface area contributed by atoms with Crippen LogP contribution >= 0.6 is 0 Å². The number of amides is 1. The summed E-state index contributed by atoms with van der Waals surface area (Å²) in [5.41, 5.74) is 0.506. The van der Waals surface area contributed by atoms with Gasteiger partial charge in [0.05, 0.1) is 30.3 Å². The lowest BCUT2D eigenvalue weighted by atomic mass is 10.3. The lowest BCUT2D eigenvalue weighted by Gasteiger charge is -2.20. The monoisotopic (exact) mass is 418 g/mol. The number of anilines is 1. The number of carbonyl (C=O) groups excluding carboxylic acids is 1. The molecule has 0 unspecified atom stereocenters. The lowest BCUT2D eigenvalue weighted by Crippen LogP contribution is -2.33. The predicted molar refractivity (Wildman–Crippen MR) is 109 cm³/mol. The molecule has 0 fully saturated rings. The van der Waals surface area contributed by atoms with Gasteiger partial charge in [0.2, 0.25) is 15.9 Å². The van der Waals surface area contributed by atoms with Crippen molar-refractivity contribution in [3.05, 3.63) is 48.4 Å². The summed E-state index contributed by atoms with van der Waals surface area (Å²) in [5.74, 6) is 0.454. The van der Waals surface area contributed by atoms with Gasteiger partial charge >= 0.3 is 0 Å². The van der Waals surface area contributed by atoms with Gasteiger partial charge in [-0.25, -0.2) is 8.42 Å². The minimum absolute atomic E-state index is 0.0852. The van der Waals surface area contributed by atoms with Crippen LogP contribution in [0.3, 0.4) is 0 Å². The number of benzene rings is 1. The molecular formula is C20H26N4O4S. The molecule has 0 aliphatic carbocycles. The highest BCUT2D eigenvalue weighted by Crippen LogP contribution is 2.18. The van der Waals surface area contributed by atoms with Gasteiger partial charge in [0.15, 0.2) is 0 Å². The molecule has 8 nitrogen and oxygen atoms in total. The molecule has 0 radical (unpaired) electrons. The highest BCUT2D eigenvalue weighted by molar-refractivity contribution is 7.89. The lowest BCUT2D eigenvalue weighted by molar-refractivity contribution is -0.117. The number of hydrogen-bond donors (Lipinski definition) is 1. The van der Waals surface area contributed by atoms with E-state index in [1.54, 1.807) is 38.3 Å². The standard InChI is InChI=1S/C20H26N4O4S/c1-3-24(4-2)29(26,27)19-10-8-17(9-11-19)22-20(25)16-23(13-6-12-21)15-18-7-5-14-28-18/h5,7-11,14H,3-4,6,13,15-16H2,1-2H3,(H,22,25). The van der Waals surface area contributed by atoms with E-state index in [-0.39, 0.29) is 17.3 Å². The number of carbonyl (C=O) groups is 1. The molecular weight excluding hydrogens is 392 g/mol. The van der Waals surface area contributed by atoms with Crippen LogP contribution in [0, 0.1) is 11.3 Å². The summed E-state index contributed by atoms with van der Waals surface area (Å²) in [6.45, 7) is 5.31. The van der Waals surface area contributed by atoms with E-state index in [0.29, 0.717) is 44.0 Å². The minimum Gasteiger partial charge on any atom is -0.468 e. The topological polar surface area (TPSA) is 107 Å². The van der Waals surface area contributed by atoms with Crippen molar-refractivity contribution in [1.29, 1.82) is 5.26 Å². The third-order valence-corrected chi connectivity index (χ3v) is 6.41. The van der Waals surface area contributed by atoms with Crippen molar-refractivity contribution in [3.63, 3.8) is 0 Å². The van der Waals surface area contributed by atoms with E-state index in [9.17, 15) is 13.2 Å². The highest BCUT2D eigenvalue weighted by Gasteiger charge is 2.21. The largest absolute Gasteiger partial charge is 0.468 e. The van der Waals surface area contributed by atoms with Crippen molar-refractivity contribution in [3.8, 4) is 6.07 Å². The smallest absolute Gasteiger partial charge is 0.243 e. The number of nitrogens with zero attached hydrogens (tertiary/aromatic N) is 3. The normalized spacial score (nSPS) is 11.6. The number of rotatable bonds is 11. The first-order valence-electron chi connectivity index (χ1n) is 9.42. The Morgan fingerprint density at radius 3 is 2.41 bits per heavy atom. The molecule has 1 N–H and O–H groups in total. The SMILES string of the molecule is CCN(CC)S(=O)(=O)c1ccc(NC(=O)CN(CCC#N)Cc2ccco2)cc1. The fourth-order valence-corrected chi connectivity index (χ4v) is 4.33. The molecule has 29 heavy (non-hydrogen) atoms. The third-order valence-electron chi connectivity index (χ3n) is 4.35. The molecule has 0 saturated carbocycles. The van der Waals surface area contributed by atoms with Crippen molar-refractivity contribution < 1.29 is 17.6 Å². The van der Waals surface area contributed by atoms with Crippen LogP contribution in [0.15, 0.2) is 52.0 Å². The predicted octanol–water partition coefficient (Wildman–Crippen LogP) is 2.66. The van der Waals surface area contributed by atoms with E-state index < -0.39 is 10.0 Å². The molecule has 0 bridgehead atoms. The van der Waals surface area contributed by atoms with Crippen molar-refractivity contribution >= 4 is 21.6 Å². The average Bonchev–Trinajstić information content (AvgIpc) is 3.20. The Kier molecular flexibility index (Phi) is 8.39. The average molecular weight is 419 g/mol. The molecule has 1 heterocycles. The van der Waals surface area contributed by atoms with Gasteiger partial charge in [0.1, 0.15) is 5.76 Å². The van der Waals surface area contributed by atoms with Crippen molar-refractivity contribution in [1.82, 2.24) is 9.21 Å². The Bertz CT molecular complexity index is 914. The summed E-state index contributed by atoms with van der Waals surface area (Å²) < 4.78 is 31.7. The van der Waals surface area contributed by atoms with E-state index >= 15 is 0 Å². The zero-order valence-corrected chi connectivity index (χ0v) is 17.5. The maximum absolute atomic E-state index is 12.5. The van der Waals surface area contributed by atoms with Crippen LogP contribution in [0.5, 0.6) is 0 Å². The van der Waals surface area contributed by atoms with Gasteiger partial charge in [-0.05, 0) is 36.4 Å². The van der Waals surface area contributed by atoms with Crippen LogP contribution in [0.2, 0.25) is 0 Å². The molecule has 2 rings (SSSR count). The Hall–Kier alpha value is -2.67. The van der Waals surface area contributed by atoms with Crippen molar-refractivity contribution in [2.24, 2.45) is 0 Å². The minimum atomic E-state index is -3.53. The maximum atomic E-state index is 12.5. The Labute approximate surface area is 171 Å². The van der Waals surface area contributed by atoms with Gasteiger partial charge in [0, 0.05) is 31.7 Å². The van der Waals surface area contributed by atoms with E-state index in [4.69, 9.17) is 9.68 Å². The van der Waals surface area contributed by atoms with Crippen molar-refractivity contribution in [2.75, 3.05) is 31.5 Å². The van der Waals surface area contributed by atoms with Gasteiger partial charge < -0.3 is 9.73 Å². The van der Waals surface area contributed by atoms with Crippen LogP contribution in [0.4, 0.5) is 5.69 Å². The second kappa shape index (κ2) is 10.8. The van der Waals surface area contributed by atoms with Gasteiger partial charge in [-0.3, -0.25) is 9.69 Å². The zero-order chi connectivity index (χ0) is 21.3. The summed E-state index contributed by atoms with van der Waals surface area (Å²) in [7, 11) is -3.53. The zero-order valence-electron chi connectivity index (χ0n) is 16.7. The van der Waals surface area contributed by atoms with E-state index in [2.05, 4.69) is 11.4 Å². The summed E-state index contributed by atoms with van der Waals surface area (Å²) in [6, 6.07) is 11.8. The van der Waals surface area contributed by atoms with Crippen molar-refractivity contribution in [2.45, 2.75) is 31.7 Å². The first kappa shape index (κ1) is 22.6. The van der Waals surface area contributed by atoms with Gasteiger partial charge in [-0.2, -0.15) is 9.57 Å². The maximum Gasteiger partial charge on any atom is 0.243 e. The molecule has 0 saturated heterocycles. The molecule has 156 valence electrons. The number of nitriles is 1. The van der Waals surface area contributed by atoms with E-state index in [1.807, 2.05) is 11.0 Å². The first-order valence-corrected chi connectivity index (χ1v) is 10.9. The summed E-state index contributed by atoms with van der Waals surface area (Å²) in [6.07, 6.45) is 1.86. The molecule has 9 heteroatoms. The quantitative estimate of drug-likeness (QED) is 0.601. The first-order chi connectivity index (χ1) is 13.9. The van der Waals surface area contributed by atoms with Crippen LogP contribution in [0.25, 0.3) is 0 Å². The second-order valence-corrected chi connectivity index (χ2v) is 8.30. The van der Waals surface area contributed by atoms with Crippen LogP contribution in [0.1, 0.15) is 26.0 Å². The second-order valence-electron chi connectivity index (χ2n) is 6.36. The van der Waals surface area contributed by atoms with Crippen LogP contribution < -0.4 is 5.32 Å². The van der Waals surface area contributed by atoms with E-state index in [0.717, 1.165) is 0 Å². The van der Waals surface area contributed by atoms with Crippen LogP contribution in [-0.2, 0) is 21.4 Å². The molecule has 1 aromatic carbocycles. The molecule has 0 aliphatic heterocycles. The van der Waals surface area contributed by atoms with Gasteiger partial charge in [-0.1, -0.05) is 13.8 Å². The van der Waals surface area contributed by atoms with Gasteiger partial charge in [-0.15, -0.1) is 0 Å².